The lowest BCUT2D eigenvalue weighted by Crippen LogP contribution is -2.32. The average molecular weight is 207 g/mol. The van der Waals surface area contributed by atoms with E-state index < -0.39 is 0 Å². The Morgan fingerprint density at radius 2 is 1.13 bits per heavy atom. The van der Waals surface area contributed by atoms with E-state index >= 15 is 0 Å². The van der Waals surface area contributed by atoms with Crippen molar-refractivity contribution in [3.05, 3.63) is 36.8 Å². The van der Waals surface area contributed by atoms with Crippen molar-refractivity contribution in [3.8, 4) is 0 Å². The highest BCUT2D eigenvalue weighted by Gasteiger charge is 1.86. The van der Waals surface area contributed by atoms with Gasteiger partial charge in [-0.2, -0.15) is 0 Å². The van der Waals surface area contributed by atoms with Crippen LogP contribution in [0.4, 0.5) is 0 Å². The van der Waals surface area contributed by atoms with Crippen LogP contribution in [0.3, 0.4) is 0 Å². The highest BCUT2D eigenvalue weighted by atomic mass is 15.0. The van der Waals surface area contributed by atoms with E-state index in [0.717, 1.165) is 39.3 Å². The zero-order valence-corrected chi connectivity index (χ0v) is 9.31. The number of hydrogen-bond acceptors (Lipinski definition) is 3. The zero-order valence-electron chi connectivity index (χ0n) is 9.31. The quantitative estimate of drug-likeness (QED) is 0.359. The smallest absolute Gasteiger partial charge is 0.0210 e. The number of hydrogen-bond donors (Lipinski definition) is 3. The van der Waals surface area contributed by atoms with E-state index in [9.17, 15) is 0 Å². The van der Waals surface area contributed by atoms with Crippen LogP contribution in [0.5, 0.6) is 0 Å². The van der Waals surface area contributed by atoms with Crippen LogP contribution >= 0.6 is 0 Å². The third-order valence-corrected chi connectivity index (χ3v) is 1.74. The van der Waals surface area contributed by atoms with Crippen molar-refractivity contribution in [2.45, 2.75) is 0 Å². The van der Waals surface area contributed by atoms with Gasteiger partial charge in [-0.15, -0.1) is 11.5 Å². The molecular formula is C12H21N3. The van der Waals surface area contributed by atoms with Crippen LogP contribution in [-0.4, -0.2) is 39.3 Å². The Labute approximate surface area is 92.6 Å². The maximum Gasteiger partial charge on any atom is 0.0210 e. The maximum atomic E-state index is 3.49. The van der Waals surface area contributed by atoms with Crippen LogP contribution in [0, 0.1) is 0 Å². The summed E-state index contributed by atoms with van der Waals surface area (Å²) in [4.78, 5) is 0. The lowest BCUT2D eigenvalue weighted by Gasteiger charge is -2.05. The molecule has 0 rings (SSSR count). The van der Waals surface area contributed by atoms with Gasteiger partial charge in [-0.1, -0.05) is 13.2 Å². The van der Waals surface area contributed by atoms with Crippen molar-refractivity contribution in [1.82, 2.24) is 16.0 Å². The molecule has 0 aromatic heterocycles. The summed E-state index contributed by atoms with van der Waals surface area (Å²) in [6.07, 6.45) is 3.76. The molecule has 0 saturated heterocycles. The first-order valence-corrected chi connectivity index (χ1v) is 5.22. The van der Waals surface area contributed by atoms with Gasteiger partial charge in [-0.05, 0) is 12.2 Å². The summed E-state index contributed by atoms with van der Waals surface area (Å²) in [7, 11) is 0. The third kappa shape index (κ3) is 12.9. The molecule has 84 valence electrons. The van der Waals surface area contributed by atoms with Gasteiger partial charge >= 0.3 is 0 Å². The van der Waals surface area contributed by atoms with E-state index in [2.05, 4.69) is 40.6 Å². The Bertz CT molecular complexity index is 199. The van der Waals surface area contributed by atoms with Gasteiger partial charge in [-0.3, -0.25) is 0 Å². The van der Waals surface area contributed by atoms with E-state index in [4.69, 9.17) is 0 Å². The molecular weight excluding hydrogens is 186 g/mol. The summed E-state index contributed by atoms with van der Waals surface area (Å²) in [6, 6.07) is 0. The molecule has 3 nitrogen and oxygen atoms in total. The molecule has 0 spiro atoms. The van der Waals surface area contributed by atoms with Crippen LogP contribution in [-0.2, 0) is 0 Å². The minimum Gasteiger partial charge on any atom is -0.314 e. The van der Waals surface area contributed by atoms with Crippen molar-refractivity contribution in [2.24, 2.45) is 0 Å². The van der Waals surface area contributed by atoms with Crippen LogP contribution < -0.4 is 16.0 Å². The highest BCUT2D eigenvalue weighted by Crippen LogP contribution is 1.65. The molecule has 0 radical (unpaired) electrons. The van der Waals surface area contributed by atoms with Gasteiger partial charge in [0, 0.05) is 39.3 Å². The first-order valence-electron chi connectivity index (χ1n) is 5.22. The lowest BCUT2D eigenvalue weighted by molar-refractivity contribution is 0.608. The second kappa shape index (κ2) is 12.9. The molecule has 0 heterocycles. The average Bonchev–Trinajstić information content (AvgIpc) is 2.26. The third-order valence-electron chi connectivity index (χ3n) is 1.74. The minimum absolute atomic E-state index is 0.841. The Balaban J connectivity index is 2.98. The summed E-state index contributed by atoms with van der Waals surface area (Å²) >= 11 is 0. The molecule has 0 atom stereocenters. The van der Waals surface area contributed by atoms with E-state index in [1.54, 1.807) is 0 Å². The van der Waals surface area contributed by atoms with E-state index in [1.807, 2.05) is 12.2 Å². The van der Waals surface area contributed by atoms with E-state index in [0.29, 0.717) is 0 Å². The first kappa shape index (κ1) is 13.9. The molecule has 0 amide bonds. The summed E-state index contributed by atoms with van der Waals surface area (Å²) in [5, 5.41) is 9.78. The minimum atomic E-state index is 0.841. The van der Waals surface area contributed by atoms with Gasteiger partial charge in [0.25, 0.3) is 0 Å². The monoisotopic (exact) mass is 207 g/mol. The maximum absolute atomic E-state index is 3.49. The molecule has 0 aliphatic rings. The predicted molar refractivity (Wildman–Crippen MR) is 66.0 cm³/mol. The van der Waals surface area contributed by atoms with Gasteiger partial charge in [-0.25, -0.2) is 0 Å². The van der Waals surface area contributed by atoms with Gasteiger partial charge in [0.15, 0.2) is 0 Å². The fourth-order valence-corrected chi connectivity index (χ4v) is 0.971. The summed E-state index contributed by atoms with van der Waals surface area (Å²) in [5.41, 5.74) is 5.43. The molecule has 0 saturated carbocycles. The normalized spacial score (nSPS) is 9.07. The van der Waals surface area contributed by atoms with E-state index in [-0.39, 0.29) is 0 Å². The Kier molecular flexibility index (Phi) is 12.0. The second-order valence-electron chi connectivity index (χ2n) is 2.97. The molecule has 0 aliphatic carbocycles. The van der Waals surface area contributed by atoms with Crippen molar-refractivity contribution in [3.63, 3.8) is 0 Å². The molecule has 0 aromatic rings. The van der Waals surface area contributed by atoms with Crippen molar-refractivity contribution in [2.75, 3.05) is 39.3 Å². The van der Waals surface area contributed by atoms with Gasteiger partial charge in [0.05, 0.1) is 0 Å². The van der Waals surface area contributed by atoms with Crippen molar-refractivity contribution in [1.29, 1.82) is 0 Å². The van der Waals surface area contributed by atoms with Crippen molar-refractivity contribution < 1.29 is 0 Å². The fourth-order valence-electron chi connectivity index (χ4n) is 0.971. The molecule has 0 bridgehead atoms. The first-order chi connectivity index (χ1) is 7.41. The van der Waals surface area contributed by atoms with Gasteiger partial charge in [0.1, 0.15) is 0 Å². The summed E-state index contributed by atoms with van der Waals surface area (Å²) in [6.45, 7) is 12.5. The Morgan fingerprint density at radius 3 is 1.53 bits per heavy atom. The molecule has 0 fully saturated rings. The standard InChI is InChI=1S/C12H21N3/c1-3-5-7-13-9-11-15-12-10-14-8-6-4-2/h5-6,13-15H,1-2,7-12H2. The molecule has 0 aromatic carbocycles. The van der Waals surface area contributed by atoms with Crippen molar-refractivity contribution >= 4 is 0 Å². The molecule has 0 aliphatic heterocycles. The Hall–Kier alpha value is -1.08. The summed E-state index contributed by atoms with van der Waals surface area (Å²) < 4.78 is 0. The second-order valence-corrected chi connectivity index (χ2v) is 2.97. The lowest BCUT2D eigenvalue weighted by atomic mass is 10.5. The fraction of sp³-hybridized carbons (Fsp3) is 0.500. The largest absolute Gasteiger partial charge is 0.314 e. The van der Waals surface area contributed by atoms with E-state index in [1.165, 1.54) is 0 Å². The topological polar surface area (TPSA) is 36.1 Å². The van der Waals surface area contributed by atoms with Crippen LogP contribution in [0.1, 0.15) is 0 Å². The molecule has 15 heavy (non-hydrogen) atoms. The molecule has 3 N–H and O–H groups in total. The van der Waals surface area contributed by atoms with Gasteiger partial charge < -0.3 is 16.0 Å². The Morgan fingerprint density at radius 1 is 0.733 bits per heavy atom. The number of rotatable bonds is 10. The highest BCUT2D eigenvalue weighted by molar-refractivity contribution is 4.78. The van der Waals surface area contributed by atoms with Crippen LogP contribution in [0.2, 0.25) is 0 Å². The van der Waals surface area contributed by atoms with Crippen LogP contribution in [0.15, 0.2) is 36.8 Å². The molecule has 3 heteroatoms. The summed E-state index contributed by atoms with van der Waals surface area (Å²) in [5.74, 6) is 0. The van der Waals surface area contributed by atoms with Crippen LogP contribution in [0.25, 0.3) is 0 Å². The SMILES string of the molecule is C=C=CCNCCNCCNCC=C=C. The predicted octanol–water partition coefficient (Wildman–Crippen LogP) is 0.437. The number of nitrogens with one attached hydrogen (secondary N) is 3. The van der Waals surface area contributed by atoms with Gasteiger partial charge in [0.2, 0.25) is 0 Å². The zero-order chi connectivity index (χ0) is 11.2. The molecule has 0 unspecified atom stereocenters.